The van der Waals surface area contributed by atoms with Crippen molar-refractivity contribution >= 4 is 0 Å². The Balaban J connectivity index is 2.42. The smallest absolute Gasteiger partial charge is 0.0589 e. The van der Waals surface area contributed by atoms with Crippen LogP contribution >= 0.6 is 0 Å². The Kier molecular flexibility index (Phi) is 9.79. The molecule has 0 fully saturated rings. The maximum atomic E-state index is 5.16. The van der Waals surface area contributed by atoms with E-state index in [0.717, 1.165) is 45.8 Å². The van der Waals surface area contributed by atoms with Crippen LogP contribution in [0.25, 0.3) is 0 Å². The SMILES string of the molecule is C=CCN(CCOC)Cc1ccc(CCNCCC)cc1. The molecule has 0 aliphatic heterocycles. The molecule has 1 rings (SSSR count). The van der Waals surface area contributed by atoms with Crippen LogP contribution in [-0.2, 0) is 17.7 Å². The van der Waals surface area contributed by atoms with Crippen LogP contribution in [0.1, 0.15) is 24.5 Å². The number of hydrogen-bond acceptors (Lipinski definition) is 3. The van der Waals surface area contributed by atoms with E-state index >= 15 is 0 Å². The zero-order valence-electron chi connectivity index (χ0n) is 13.6. The highest BCUT2D eigenvalue weighted by Gasteiger charge is 2.04. The van der Waals surface area contributed by atoms with Crippen molar-refractivity contribution in [3.63, 3.8) is 0 Å². The predicted octanol–water partition coefficient (Wildman–Crippen LogP) is 2.86. The minimum atomic E-state index is 0.759. The van der Waals surface area contributed by atoms with Crippen molar-refractivity contribution in [2.24, 2.45) is 0 Å². The molecular weight excluding hydrogens is 260 g/mol. The van der Waals surface area contributed by atoms with Crippen molar-refractivity contribution in [1.82, 2.24) is 10.2 Å². The van der Waals surface area contributed by atoms with E-state index in [0.29, 0.717) is 0 Å². The maximum Gasteiger partial charge on any atom is 0.0589 e. The normalized spacial score (nSPS) is 11.0. The summed E-state index contributed by atoms with van der Waals surface area (Å²) in [5.74, 6) is 0. The first-order chi connectivity index (χ1) is 10.3. The Morgan fingerprint density at radius 1 is 1.19 bits per heavy atom. The molecular formula is C18H30N2O. The standard InChI is InChI=1S/C18H30N2O/c1-4-11-19-12-10-17-6-8-18(9-7-17)16-20(13-5-2)14-15-21-3/h5-9,19H,2,4,10-16H2,1,3H3. The van der Waals surface area contributed by atoms with Gasteiger partial charge in [-0.05, 0) is 37.1 Å². The number of rotatable bonds is 12. The molecule has 1 N–H and O–H groups in total. The summed E-state index contributed by atoms with van der Waals surface area (Å²) in [4.78, 5) is 2.34. The van der Waals surface area contributed by atoms with E-state index in [1.807, 2.05) is 6.08 Å². The molecule has 21 heavy (non-hydrogen) atoms. The Morgan fingerprint density at radius 2 is 1.90 bits per heavy atom. The van der Waals surface area contributed by atoms with E-state index in [-0.39, 0.29) is 0 Å². The van der Waals surface area contributed by atoms with Crippen LogP contribution in [0.5, 0.6) is 0 Å². The van der Waals surface area contributed by atoms with E-state index in [2.05, 4.69) is 48.0 Å². The van der Waals surface area contributed by atoms with Crippen LogP contribution in [0.2, 0.25) is 0 Å². The fourth-order valence-electron chi connectivity index (χ4n) is 2.24. The molecule has 0 atom stereocenters. The minimum absolute atomic E-state index is 0.759. The molecule has 0 aliphatic carbocycles. The quantitative estimate of drug-likeness (QED) is 0.473. The van der Waals surface area contributed by atoms with Gasteiger partial charge in [0, 0.05) is 26.7 Å². The van der Waals surface area contributed by atoms with Crippen molar-refractivity contribution in [2.75, 3.05) is 39.9 Å². The van der Waals surface area contributed by atoms with E-state index in [1.165, 1.54) is 17.5 Å². The molecule has 0 saturated heterocycles. The summed E-state index contributed by atoms with van der Waals surface area (Å²) in [5.41, 5.74) is 2.74. The van der Waals surface area contributed by atoms with Gasteiger partial charge in [-0.2, -0.15) is 0 Å². The fraction of sp³-hybridized carbons (Fsp3) is 0.556. The van der Waals surface area contributed by atoms with Gasteiger partial charge in [-0.3, -0.25) is 4.90 Å². The zero-order chi connectivity index (χ0) is 15.3. The van der Waals surface area contributed by atoms with E-state index in [1.54, 1.807) is 7.11 Å². The molecule has 0 heterocycles. The first-order valence-electron chi connectivity index (χ1n) is 7.90. The number of nitrogens with one attached hydrogen (secondary N) is 1. The van der Waals surface area contributed by atoms with Crippen LogP contribution < -0.4 is 5.32 Å². The van der Waals surface area contributed by atoms with Gasteiger partial charge in [0.15, 0.2) is 0 Å². The predicted molar refractivity (Wildman–Crippen MR) is 90.7 cm³/mol. The van der Waals surface area contributed by atoms with Gasteiger partial charge in [0.1, 0.15) is 0 Å². The molecule has 0 unspecified atom stereocenters. The zero-order valence-corrected chi connectivity index (χ0v) is 13.6. The highest BCUT2D eigenvalue weighted by atomic mass is 16.5. The molecule has 0 saturated carbocycles. The van der Waals surface area contributed by atoms with Crippen LogP contribution in [0, 0.1) is 0 Å². The largest absolute Gasteiger partial charge is 0.383 e. The van der Waals surface area contributed by atoms with Gasteiger partial charge >= 0.3 is 0 Å². The van der Waals surface area contributed by atoms with Crippen molar-refractivity contribution in [2.45, 2.75) is 26.3 Å². The lowest BCUT2D eigenvalue weighted by molar-refractivity contribution is 0.151. The summed E-state index contributed by atoms with van der Waals surface area (Å²) >= 11 is 0. The molecule has 0 amide bonds. The third kappa shape index (κ3) is 8.00. The van der Waals surface area contributed by atoms with Crippen LogP contribution in [0.4, 0.5) is 0 Å². The van der Waals surface area contributed by atoms with Crippen molar-refractivity contribution in [1.29, 1.82) is 0 Å². The summed E-state index contributed by atoms with van der Waals surface area (Å²) < 4.78 is 5.16. The number of ether oxygens (including phenoxy) is 1. The number of methoxy groups -OCH3 is 1. The second kappa shape index (κ2) is 11.5. The van der Waals surface area contributed by atoms with Gasteiger partial charge in [-0.25, -0.2) is 0 Å². The monoisotopic (exact) mass is 290 g/mol. The van der Waals surface area contributed by atoms with Gasteiger partial charge in [0.05, 0.1) is 6.61 Å². The number of nitrogens with zero attached hydrogens (tertiary/aromatic N) is 1. The van der Waals surface area contributed by atoms with Gasteiger partial charge in [0.25, 0.3) is 0 Å². The van der Waals surface area contributed by atoms with Gasteiger partial charge in [-0.1, -0.05) is 37.3 Å². The van der Waals surface area contributed by atoms with Crippen molar-refractivity contribution in [3.8, 4) is 0 Å². The van der Waals surface area contributed by atoms with E-state index < -0.39 is 0 Å². The average molecular weight is 290 g/mol. The second-order valence-electron chi connectivity index (χ2n) is 5.33. The summed E-state index contributed by atoms with van der Waals surface area (Å²) in [5, 5.41) is 3.44. The van der Waals surface area contributed by atoms with Gasteiger partial charge in [0.2, 0.25) is 0 Å². The van der Waals surface area contributed by atoms with E-state index in [9.17, 15) is 0 Å². The highest BCUT2D eigenvalue weighted by Crippen LogP contribution is 2.08. The minimum Gasteiger partial charge on any atom is -0.383 e. The van der Waals surface area contributed by atoms with Crippen molar-refractivity contribution in [3.05, 3.63) is 48.0 Å². The Bertz CT molecular complexity index is 375. The lowest BCUT2D eigenvalue weighted by Gasteiger charge is -2.20. The van der Waals surface area contributed by atoms with Gasteiger partial charge < -0.3 is 10.1 Å². The van der Waals surface area contributed by atoms with Crippen LogP contribution in [0.3, 0.4) is 0 Å². The molecule has 1 aromatic carbocycles. The highest BCUT2D eigenvalue weighted by molar-refractivity contribution is 5.22. The van der Waals surface area contributed by atoms with Gasteiger partial charge in [-0.15, -0.1) is 6.58 Å². The molecule has 3 heteroatoms. The Morgan fingerprint density at radius 3 is 2.52 bits per heavy atom. The van der Waals surface area contributed by atoms with Crippen LogP contribution in [0.15, 0.2) is 36.9 Å². The van der Waals surface area contributed by atoms with Crippen molar-refractivity contribution < 1.29 is 4.74 Å². The molecule has 1 aromatic rings. The summed E-state index contributed by atoms with van der Waals surface area (Å²) in [6, 6.07) is 8.95. The van der Waals surface area contributed by atoms with Crippen LogP contribution in [-0.4, -0.2) is 44.8 Å². The Hall–Kier alpha value is -1.16. The summed E-state index contributed by atoms with van der Waals surface area (Å²) in [7, 11) is 1.74. The maximum absolute atomic E-state index is 5.16. The molecule has 0 radical (unpaired) electrons. The van der Waals surface area contributed by atoms with E-state index in [4.69, 9.17) is 4.74 Å². The Labute approximate surface area is 130 Å². The fourth-order valence-corrected chi connectivity index (χ4v) is 2.24. The summed E-state index contributed by atoms with van der Waals surface area (Å²) in [6.45, 7) is 11.7. The molecule has 0 spiro atoms. The lowest BCUT2D eigenvalue weighted by Crippen LogP contribution is -2.27. The lowest BCUT2D eigenvalue weighted by atomic mass is 10.1. The first-order valence-corrected chi connectivity index (χ1v) is 7.90. The average Bonchev–Trinajstić information content (AvgIpc) is 2.51. The summed E-state index contributed by atoms with van der Waals surface area (Å²) in [6.07, 6.45) is 4.24. The number of hydrogen-bond donors (Lipinski definition) is 1. The third-order valence-corrected chi connectivity index (χ3v) is 3.45. The molecule has 0 aromatic heterocycles. The topological polar surface area (TPSA) is 24.5 Å². The molecule has 0 aliphatic rings. The molecule has 0 bridgehead atoms. The second-order valence-corrected chi connectivity index (χ2v) is 5.33. The first kappa shape index (κ1) is 17.9. The number of benzene rings is 1. The molecule has 118 valence electrons. The third-order valence-electron chi connectivity index (χ3n) is 3.45. The molecule has 3 nitrogen and oxygen atoms in total.